The van der Waals surface area contributed by atoms with Crippen molar-refractivity contribution >= 4 is 36.7 Å². The fourth-order valence-corrected chi connectivity index (χ4v) is 6.30. The number of imidazole rings is 1. The summed E-state index contributed by atoms with van der Waals surface area (Å²) in [6.45, 7) is 8.32. The molecule has 0 spiro atoms. The van der Waals surface area contributed by atoms with E-state index in [1.165, 1.54) is 17.8 Å². The van der Waals surface area contributed by atoms with E-state index < -0.39 is 62.3 Å². The zero-order chi connectivity index (χ0) is 34.4. The second-order valence-corrected chi connectivity index (χ2v) is 13.2. The summed E-state index contributed by atoms with van der Waals surface area (Å²) >= 11 is 0. The largest absolute Gasteiger partial charge is 0.464 e. The predicted molar refractivity (Wildman–Crippen MR) is 169 cm³/mol. The van der Waals surface area contributed by atoms with Gasteiger partial charge in [-0.1, -0.05) is 64.7 Å². The number of fused-ring (bicyclic) bond motifs is 1. The van der Waals surface area contributed by atoms with Crippen molar-refractivity contribution in [2.24, 2.45) is 11.8 Å². The van der Waals surface area contributed by atoms with E-state index in [4.69, 9.17) is 35.4 Å². The SMILES string of the molecule is C#C[C@]1(COP(=O)(N[C@@H](C)C(=O)OCC(CC)CC)Oc2ccccc2)O[C@@H](n2cnc3c(N)nc(F)nc32)C[C@@H]1OC(=O)C(C)C. The standard InChI is InChI=1S/C31H40FN6O8P/c1-7-21(8-2)16-42-29(40)20(6)37-47(41,46-22-13-11-10-12-14-22)43-17-31(9-3)23(44-28(39)19(4)5)15-24(45-31)38-18-34-25-26(33)35-30(32)36-27(25)38/h3,10-14,18-21,23-24H,7-8,15-17H2,1-2,4-6H3,(H,37,41)(H2,33,35,36)/t20-,23-,24+,31+,47?/m0/s1. The van der Waals surface area contributed by atoms with Gasteiger partial charge in [-0.15, -0.1) is 6.42 Å². The van der Waals surface area contributed by atoms with Crippen LogP contribution in [-0.4, -0.2) is 62.4 Å². The molecule has 1 aliphatic rings. The lowest BCUT2D eigenvalue weighted by molar-refractivity contribution is -0.161. The number of hydrogen-bond donors (Lipinski definition) is 2. The van der Waals surface area contributed by atoms with Crippen molar-refractivity contribution in [3.63, 3.8) is 0 Å². The summed E-state index contributed by atoms with van der Waals surface area (Å²) in [7, 11) is -4.41. The highest BCUT2D eigenvalue weighted by Gasteiger charge is 2.53. The fraction of sp³-hybridized carbons (Fsp3) is 0.516. The highest BCUT2D eigenvalue weighted by molar-refractivity contribution is 7.52. The average molecular weight is 675 g/mol. The molecule has 2 aromatic heterocycles. The maximum atomic E-state index is 14.3. The molecular formula is C31H40FN6O8P. The van der Waals surface area contributed by atoms with Gasteiger partial charge in [0.2, 0.25) is 0 Å². The number of aromatic nitrogens is 4. The van der Waals surface area contributed by atoms with Crippen LogP contribution >= 0.6 is 7.75 Å². The maximum absolute atomic E-state index is 14.3. The minimum atomic E-state index is -4.41. The van der Waals surface area contributed by atoms with Crippen molar-refractivity contribution < 1.29 is 41.8 Å². The Morgan fingerprint density at radius 3 is 2.55 bits per heavy atom. The molecule has 1 unspecified atom stereocenters. The molecule has 3 N–H and O–H groups in total. The van der Waals surface area contributed by atoms with Crippen molar-refractivity contribution in [2.75, 3.05) is 18.9 Å². The van der Waals surface area contributed by atoms with E-state index in [1.54, 1.807) is 44.2 Å². The number of esters is 2. The van der Waals surface area contributed by atoms with E-state index in [1.807, 2.05) is 13.8 Å². The molecule has 0 radical (unpaired) electrons. The van der Waals surface area contributed by atoms with Crippen LogP contribution in [0.3, 0.4) is 0 Å². The minimum Gasteiger partial charge on any atom is -0.464 e. The Bertz CT molecular complexity index is 1650. The van der Waals surface area contributed by atoms with Crippen LogP contribution in [0.2, 0.25) is 0 Å². The van der Waals surface area contributed by atoms with Gasteiger partial charge in [0.25, 0.3) is 0 Å². The summed E-state index contributed by atoms with van der Waals surface area (Å²) in [5.74, 6) is 0.905. The van der Waals surface area contributed by atoms with E-state index in [0.717, 1.165) is 12.8 Å². The number of nitrogens with two attached hydrogens (primary N) is 1. The van der Waals surface area contributed by atoms with E-state index >= 15 is 0 Å². The third kappa shape index (κ3) is 8.44. The molecule has 3 aromatic rings. The normalized spacial score (nSPS) is 21.3. The number of rotatable bonds is 15. The first-order valence-corrected chi connectivity index (χ1v) is 16.8. The van der Waals surface area contributed by atoms with Gasteiger partial charge >= 0.3 is 25.8 Å². The van der Waals surface area contributed by atoms with Crippen LogP contribution in [0.25, 0.3) is 11.2 Å². The van der Waals surface area contributed by atoms with Gasteiger partial charge in [-0.2, -0.15) is 19.4 Å². The molecule has 47 heavy (non-hydrogen) atoms. The van der Waals surface area contributed by atoms with Crippen LogP contribution in [0, 0.1) is 30.3 Å². The number of para-hydroxylation sites is 1. The third-order valence-corrected chi connectivity index (χ3v) is 9.35. The lowest BCUT2D eigenvalue weighted by Crippen LogP contribution is -2.46. The minimum absolute atomic E-state index is 0.0168. The number of ether oxygens (including phenoxy) is 3. The van der Waals surface area contributed by atoms with Crippen LogP contribution in [0.4, 0.5) is 10.2 Å². The lowest BCUT2D eigenvalue weighted by atomic mass is 9.98. The van der Waals surface area contributed by atoms with Crippen LogP contribution < -0.4 is 15.3 Å². The molecule has 3 heterocycles. The van der Waals surface area contributed by atoms with Crippen molar-refractivity contribution in [1.82, 2.24) is 24.6 Å². The Labute approximate surface area is 272 Å². The first kappa shape index (κ1) is 35.8. The van der Waals surface area contributed by atoms with Crippen LogP contribution in [0.5, 0.6) is 5.75 Å². The first-order valence-electron chi connectivity index (χ1n) is 15.3. The molecule has 0 bridgehead atoms. The molecule has 5 atom stereocenters. The number of nitrogens with one attached hydrogen (secondary N) is 1. The number of nitrogens with zero attached hydrogens (tertiary/aromatic N) is 4. The summed E-state index contributed by atoms with van der Waals surface area (Å²) in [4.78, 5) is 37.1. The van der Waals surface area contributed by atoms with E-state index in [9.17, 15) is 18.5 Å². The average Bonchev–Trinajstić information content (AvgIpc) is 3.62. The number of anilines is 1. The van der Waals surface area contributed by atoms with Crippen molar-refractivity contribution in [2.45, 2.75) is 77.9 Å². The highest BCUT2D eigenvalue weighted by Crippen LogP contribution is 2.48. The Hall–Kier alpha value is -4.09. The molecule has 0 amide bonds. The molecule has 1 fully saturated rings. The lowest BCUT2D eigenvalue weighted by Gasteiger charge is -2.31. The number of carbonyl (C=O) groups is 2. The fourth-order valence-electron chi connectivity index (χ4n) is 4.78. The second-order valence-electron chi connectivity index (χ2n) is 11.5. The van der Waals surface area contributed by atoms with Gasteiger partial charge in [0.1, 0.15) is 30.7 Å². The molecular weight excluding hydrogens is 634 g/mol. The topological polar surface area (TPSA) is 179 Å². The molecule has 0 aliphatic carbocycles. The van der Waals surface area contributed by atoms with E-state index in [0.29, 0.717) is 0 Å². The monoisotopic (exact) mass is 674 g/mol. The molecule has 1 aromatic carbocycles. The van der Waals surface area contributed by atoms with Crippen molar-refractivity contribution in [3.05, 3.63) is 42.7 Å². The first-order chi connectivity index (χ1) is 22.3. The Balaban J connectivity index is 1.63. The number of nitrogen functional groups attached to an aromatic ring is 1. The zero-order valence-corrected chi connectivity index (χ0v) is 27.8. The molecule has 1 saturated heterocycles. The van der Waals surface area contributed by atoms with Crippen LogP contribution in [0.1, 0.15) is 60.1 Å². The Morgan fingerprint density at radius 1 is 1.21 bits per heavy atom. The zero-order valence-electron chi connectivity index (χ0n) is 26.9. The second kappa shape index (κ2) is 15.2. The highest BCUT2D eigenvalue weighted by atomic mass is 31.2. The molecule has 254 valence electrons. The summed E-state index contributed by atoms with van der Waals surface area (Å²) in [5, 5.41) is 2.63. The van der Waals surface area contributed by atoms with Gasteiger partial charge in [-0.25, -0.2) is 9.55 Å². The van der Waals surface area contributed by atoms with Crippen LogP contribution in [0.15, 0.2) is 36.7 Å². The van der Waals surface area contributed by atoms with Gasteiger partial charge < -0.3 is 24.5 Å². The van der Waals surface area contributed by atoms with Gasteiger partial charge in [0.15, 0.2) is 22.6 Å². The smallest absolute Gasteiger partial charge is 0.459 e. The summed E-state index contributed by atoms with van der Waals surface area (Å²) in [6.07, 6.45) is 5.71. The predicted octanol–water partition coefficient (Wildman–Crippen LogP) is 4.57. The molecule has 0 saturated carbocycles. The summed E-state index contributed by atoms with van der Waals surface area (Å²) < 4.78 is 58.9. The molecule has 4 rings (SSSR count). The number of hydrogen-bond acceptors (Lipinski definition) is 12. The number of carbonyl (C=O) groups excluding carboxylic acids is 2. The third-order valence-electron chi connectivity index (χ3n) is 7.73. The summed E-state index contributed by atoms with van der Waals surface area (Å²) in [5.41, 5.74) is 4.13. The van der Waals surface area contributed by atoms with Gasteiger partial charge in [-0.3, -0.25) is 18.7 Å². The quantitative estimate of drug-likeness (QED) is 0.0992. The van der Waals surface area contributed by atoms with Crippen molar-refractivity contribution in [1.29, 1.82) is 0 Å². The number of terminal acetylenes is 1. The molecule has 1 aliphatic heterocycles. The van der Waals surface area contributed by atoms with E-state index in [-0.39, 0.29) is 41.7 Å². The number of benzene rings is 1. The maximum Gasteiger partial charge on any atom is 0.459 e. The Kier molecular flexibility index (Phi) is 11.6. The van der Waals surface area contributed by atoms with Crippen LogP contribution in [-0.2, 0) is 32.9 Å². The molecule has 16 heteroatoms. The molecule has 14 nitrogen and oxygen atoms in total. The van der Waals surface area contributed by atoms with Crippen molar-refractivity contribution in [3.8, 4) is 18.1 Å². The van der Waals surface area contributed by atoms with E-state index in [2.05, 4.69) is 26.0 Å². The number of halogens is 1. The van der Waals surface area contributed by atoms with Gasteiger partial charge in [0.05, 0.1) is 18.9 Å². The van der Waals surface area contributed by atoms with Gasteiger partial charge in [-0.05, 0) is 25.0 Å². The summed E-state index contributed by atoms with van der Waals surface area (Å²) in [6, 6.07) is 7.05. The Morgan fingerprint density at radius 2 is 1.91 bits per heavy atom. The van der Waals surface area contributed by atoms with Gasteiger partial charge in [0, 0.05) is 6.42 Å².